The minimum atomic E-state index is -0.970. The van der Waals surface area contributed by atoms with Crippen LogP contribution in [-0.4, -0.2) is 72.9 Å². The maximum absolute atomic E-state index is 12.5. The molecule has 12 nitrogen and oxygen atoms in total. The number of Topliss-reactive ketones (excluding diaryl/α,β-unsaturated/α-hetero) is 2. The van der Waals surface area contributed by atoms with Gasteiger partial charge in [0.05, 0.1) is 26.4 Å². The lowest BCUT2D eigenvalue weighted by atomic mass is 9.78. The molecular formula is C73H144O12. The van der Waals surface area contributed by atoms with Crippen molar-refractivity contribution in [2.24, 2.45) is 23.7 Å². The Hall–Kier alpha value is -3.31. The monoisotopic (exact) mass is 1210 g/mol. The first-order chi connectivity index (χ1) is 41.0. The van der Waals surface area contributed by atoms with Crippen LogP contribution in [0.4, 0.5) is 0 Å². The zero-order valence-corrected chi connectivity index (χ0v) is 59.0. The van der Waals surface area contributed by atoms with Gasteiger partial charge in [0.25, 0.3) is 0 Å². The number of hydrogen-bond acceptors (Lipinski definition) is 11. The number of esters is 4. The largest absolute Gasteiger partial charge is 0.481 e. The number of carboxylic acids is 1. The normalized spacial score (nSPS) is 11.9. The van der Waals surface area contributed by atoms with E-state index in [0.717, 1.165) is 95.8 Å². The standard InChI is InChI=1S/C27H48O5.C24H44O5.C9H20.C5H10O2.C4H10.2C2H6/c1-3-5-7-9-11-13-18-31-26(29)21-23(20-25(28)24-16-15-17-24)22-27(30)32-19-14-12-10-8-6-4-2;1-3-5-7-9-11-12-14-16-22(25)18-21(19-23(26)27)20-24(28)29-17-15-13-10-8-6-4-2;1-4-6-7-8-9(3)5-2;1-3-4-7-5(2)6;1-3-4-2;2*1-2/h23-24H,3-22H2,1-2H3;21H,3-20H2,1-2H3,(H,26,27);9H,4-8H2,1-3H3;3-4H2,1-2H3;3-4H2,1-2H3;2*1-2H3. The minimum absolute atomic E-state index is 0.0187. The molecule has 1 rings (SSSR count). The number of rotatable bonds is 50. The second-order valence-corrected chi connectivity index (χ2v) is 23.2. The Morgan fingerprint density at radius 3 is 1.02 bits per heavy atom. The molecule has 0 aromatic heterocycles. The first-order valence-electron chi connectivity index (χ1n) is 35.9. The van der Waals surface area contributed by atoms with Crippen molar-refractivity contribution in [3.63, 3.8) is 0 Å². The molecule has 0 amide bonds. The van der Waals surface area contributed by atoms with Gasteiger partial charge >= 0.3 is 29.8 Å². The quantitative estimate of drug-likeness (QED) is 0.0347. The van der Waals surface area contributed by atoms with Gasteiger partial charge in [0, 0.05) is 57.8 Å². The highest BCUT2D eigenvalue weighted by Crippen LogP contribution is 2.31. The maximum Gasteiger partial charge on any atom is 0.306 e. The van der Waals surface area contributed by atoms with Crippen molar-refractivity contribution in [3.8, 4) is 0 Å². The first-order valence-corrected chi connectivity index (χ1v) is 35.9. The molecule has 2 unspecified atom stereocenters. The van der Waals surface area contributed by atoms with Gasteiger partial charge in [0.15, 0.2) is 0 Å². The molecule has 12 heteroatoms. The number of ether oxygens (including phenoxy) is 4. The van der Waals surface area contributed by atoms with E-state index < -0.39 is 11.9 Å². The zero-order valence-electron chi connectivity index (χ0n) is 59.0. The van der Waals surface area contributed by atoms with Crippen molar-refractivity contribution in [3.05, 3.63) is 0 Å². The van der Waals surface area contributed by atoms with Crippen molar-refractivity contribution in [1.82, 2.24) is 0 Å². The Kier molecular flexibility index (Phi) is 86.0. The van der Waals surface area contributed by atoms with Gasteiger partial charge in [0.2, 0.25) is 0 Å². The summed E-state index contributed by atoms with van der Waals surface area (Å²) in [5.41, 5.74) is 0. The summed E-state index contributed by atoms with van der Waals surface area (Å²) in [6.45, 7) is 33.2. The third kappa shape index (κ3) is 80.7. The van der Waals surface area contributed by atoms with E-state index in [9.17, 15) is 33.6 Å². The Bertz CT molecular complexity index is 1360. The maximum atomic E-state index is 12.5. The molecular weight excluding hydrogens is 1070 g/mol. The van der Waals surface area contributed by atoms with Crippen LogP contribution < -0.4 is 0 Å². The van der Waals surface area contributed by atoms with Crippen LogP contribution in [0.25, 0.3) is 0 Å². The van der Waals surface area contributed by atoms with E-state index in [1.54, 1.807) is 0 Å². The lowest BCUT2D eigenvalue weighted by Gasteiger charge is -2.25. The molecule has 0 radical (unpaired) electrons. The van der Waals surface area contributed by atoms with E-state index in [-0.39, 0.29) is 85.8 Å². The summed E-state index contributed by atoms with van der Waals surface area (Å²) in [6.07, 6.45) is 42.9. The van der Waals surface area contributed by atoms with Crippen LogP contribution in [0.5, 0.6) is 0 Å². The van der Waals surface area contributed by atoms with Gasteiger partial charge in [-0.1, -0.05) is 283 Å². The molecule has 0 aliphatic heterocycles. The average molecular weight is 1210 g/mol. The summed E-state index contributed by atoms with van der Waals surface area (Å²) in [7, 11) is 0. The van der Waals surface area contributed by atoms with Gasteiger partial charge in [-0.2, -0.15) is 0 Å². The van der Waals surface area contributed by atoms with Crippen LogP contribution in [0.2, 0.25) is 0 Å². The van der Waals surface area contributed by atoms with Crippen LogP contribution in [0, 0.1) is 23.7 Å². The Labute approximate surface area is 526 Å². The fraction of sp³-hybridized carbons (Fsp3) is 0.904. The van der Waals surface area contributed by atoms with Crippen molar-refractivity contribution in [1.29, 1.82) is 0 Å². The summed E-state index contributed by atoms with van der Waals surface area (Å²) in [4.78, 5) is 82.3. The fourth-order valence-corrected chi connectivity index (χ4v) is 8.85. The van der Waals surface area contributed by atoms with Crippen LogP contribution in [-0.2, 0) is 52.5 Å². The van der Waals surface area contributed by atoms with Crippen molar-refractivity contribution in [2.75, 3.05) is 26.4 Å². The van der Waals surface area contributed by atoms with Crippen molar-refractivity contribution >= 4 is 41.4 Å². The van der Waals surface area contributed by atoms with Crippen LogP contribution >= 0.6 is 0 Å². The van der Waals surface area contributed by atoms with Crippen LogP contribution in [0.3, 0.4) is 0 Å². The molecule has 0 aromatic rings. The van der Waals surface area contributed by atoms with E-state index in [4.69, 9.17) is 19.3 Å². The van der Waals surface area contributed by atoms with E-state index >= 15 is 0 Å². The van der Waals surface area contributed by atoms with Gasteiger partial charge in [-0.05, 0) is 62.7 Å². The second-order valence-electron chi connectivity index (χ2n) is 23.2. The molecule has 508 valence electrons. The van der Waals surface area contributed by atoms with Crippen molar-refractivity contribution in [2.45, 2.75) is 380 Å². The lowest BCUT2D eigenvalue weighted by Crippen LogP contribution is -2.26. The number of carbonyl (C=O) groups excluding carboxylic acids is 6. The molecule has 2 atom stereocenters. The van der Waals surface area contributed by atoms with E-state index in [2.05, 4.69) is 67.1 Å². The summed E-state index contributed by atoms with van der Waals surface area (Å²) in [5.74, 6) is -1.58. The molecule has 0 spiro atoms. The topological polar surface area (TPSA) is 177 Å². The second kappa shape index (κ2) is 78.7. The van der Waals surface area contributed by atoms with Gasteiger partial charge < -0.3 is 24.1 Å². The van der Waals surface area contributed by atoms with Crippen LogP contribution in [0.1, 0.15) is 380 Å². The smallest absolute Gasteiger partial charge is 0.306 e. The molecule has 0 bridgehead atoms. The minimum Gasteiger partial charge on any atom is -0.481 e. The van der Waals surface area contributed by atoms with E-state index in [0.29, 0.717) is 32.8 Å². The highest BCUT2D eigenvalue weighted by atomic mass is 16.5. The molecule has 1 N–H and O–H groups in total. The molecule has 0 heterocycles. The molecule has 1 saturated carbocycles. The Balaban J connectivity index is -0.000000266. The number of carboxylic acid groups (broad SMARTS) is 1. The lowest BCUT2D eigenvalue weighted by molar-refractivity contribution is -0.149. The molecule has 0 aromatic carbocycles. The SMILES string of the molecule is CC.CC.CCCC.CCCCCC(C)CC.CCCCCCCCCC(=O)CC(CC(=O)O)CC(=O)OCCCCCCCC.CCCCCCCCOC(=O)CC(CC(=O)OCCCCCCCC)CC(=O)C1CCC1.CCCOC(C)=O. The number of aliphatic carboxylic acids is 1. The predicted molar refractivity (Wildman–Crippen MR) is 359 cm³/mol. The average Bonchev–Trinajstić information content (AvgIpc) is 3.56. The Morgan fingerprint density at radius 1 is 0.388 bits per heavy atom. The summed E-state index contributed by atoms with van der Waals surface area (Å²) in [6, 6.07) is 0. The van der Waals surface area contributed by atoms with Crippen LogP contribution in [0.15, 0.2) is 0 Å². The third-order valence-corrected chi connectivity index (χ3v) is 14.7. The number of unbranched alkanes of at least 4 members (excludes halogenated alkanes) is 24. The van der Waals surface area contributed by atoms with E-state index in [1.165, 1.54) is 148 Å². The number of carbonyl (C=O) groups is 7. The third-order valence-electron chi connectivity index (χ3n) is 14.7. The molecule has 1 fully saturated rings. The first kappa shape index (κ1) is 92.8. The molecule has 1 aliphatic rings. The summed E-state index contributed by atoms with van der Waals surface area (Å²) < 4.78 is 20.6. The van der Waals surface area contributed by atoms with Gasteiger partial charge in [0.1, 0.15) is 11.6 Å². The summed E-state index contributed by atoms with van der Waals surface area (Å²) >= 11 is 0. The van der Waals surface area contributed by atoms with Gasteiger partial charge in [-0.3, -0.25) is 33.6 Å². The predicted octanol–water partition coefficient (Wildman–Crippen LogP) is 21.9. The number of hydrogen-bond donors (Lipinski definition) is 1. The Morgan fingerprint density at radius 2 is 0.729 bits per heavy atom. The highest BCUT2D eigenvalue weighted by molar-refractivity contribution is 5.83. The molecule has 0 saturated heterocycles. The zero-order chi connectivity index (χ0) is 65.4. The fourth-order valence-electron chi connectivity index (χ4n) is 8.85. The summed E-state index contributed by atoms with van der Waals surface area (Å²) in [5, 5.41) is 9.08. The number of ketones is 2. The molecule has 85 heavy (non-hydrogen) atoms. The van der Waals surface area contributed by atoms with Crippen molar-refractivity contribution < 1.29 is 57.6 Å². The van der Waals surface area contributed by atoms with E-state index in [1.807, 2.05) is 34.6 Å². The van der Waals surface area contributed by atoms with Gasteiger partial charge in [-0.25, -0.2) is 0 Å². The highest BCUT2D eigenvalue weighted by Gasteiger charge is 2.30. The van der Waals surface area contributed by atoms with Gasteiger partial charge in [-0.15, -0.1) is 0 Å². The molecule has 1 aliphatic carbocycles.